The molecule has 0 spiro atoms. The Labute approximate surface area is 832 Å². The zero-order valence-electron chi connectivity index (χ0n) is 85.9. The second-order valence-corrected chi connectivity index (χ2v) is 33.2. The molecule has 17 nitrogen and oxygen atoms in total. The minimum atomic E-state index is -0.475. The maximum Gasteiger partial charge on any atom is 0.231 e. The van der Waals surface area contributed by atoms with Crippen LogP contribution in [0.3, 0.4) is 0 Å². The molecule has 5 aliphatic heterocycles. The summed E-state index contributed by atoms with van der Waals surface area (Å²) in [4.78, 5) is 0. The average molecular weight is 1900 g/mol. The minimum absolute atomic E-state index is 0.151. The van der Waals surface area contributed by atoms with Crippen molar-refractivity contribution in [1.29, 1.82) is 0 Å². The number of rotatable bonds is 12. The molecule has 15 aromatic rings. The van der Waals surface area contributed by atoms with E-state index in [1.165, 1.54) is 79.0 Å². The number of phenolic OH excluding ortho intramolecular Hbond substituents is 7. The summed E-state index contributed by atoms with van der Waals surface area (Å²) in [5, 5.41) is 66.5. The highest BCUT2D eigenvalue weighted by Crippen LogP contribution is 2.42. The molecule has 15 aromatic carbocycles. The lowest BCUT2D eigenvalue weighted by Gasteiger charge is -2.26. The first-order valence-electron chi connectivity index (χ1n) is 48.7. The van der Waals surface area contributed by atoms with E-state index >= 15 is 0 Å². The van der Waals surface area contributed by atoms with Gasteiger partial charge in [-0.05, 0) is 224 Å². The number of hydrogen-bond acceptors (Lipinski definition) is 17. The predicted molar refractivity (Wildman–Crippen MR) is 574 cm³/mol. The summed E-state index contributed by atoms with van der Waals surface area (Å²) in [6, 6.07) is 110. The molecule has 5 aliphatic rings. The van der Waals surface area contributed by atoms with E-state index in [0.717, 1.165) is 81.5 Å². The van der Waals surface area contributed by atoms with Gasteiger partial charge in [-0.1, -0.05) is 383 Å². The van der Waals surface area contributed by atoms with Crippen LogP contribution in [-0.2, 0) is 18.3 Å². The molecule has 0 bridgehead atoms. The molecule has 0 saturated heterocycles. The van der Waals surface area contributed by atoms with Crippen LogP contribution in [0.1, 0.15) is 243 Å². The van der Waals surface area contributed by atoms with Crippen molar-refractivity contribution in [2.45, 2.75) is 200 Å². The first kappa shape index (κ1) is 114. The van der Waals surface area contributed by atoms with Gasteiger partial charge in [-0.2, -0.15) is 0 Å². The van der Waals surface area contributed by atoms with Crippen molar-refractivity contribution in [3.63, 3.8) is 0 Å². The first-order valence-corrected chi connectivity index (χ1v) is 48.7. The summed E-state index contributed by atoms with van der Waals surface area (Å²) in [5.41, 5.74) is 15.3. The standard InChI is InChI=1S/C17H14.C15H16O2.C13H12.C12H10O2.5C10H12O2.C6H6O3.5C2H6/c1-2-7-14(8-3-1)13-16-11-6-10-15-9-4-5-12-17(15)16;1-15(2,11-3-7-13(16)8-4-11)12-5-9-14(17)10-6-12;1-3-7-12(8-4-1)11-13-9-5-2-6-10-13;13-11-7-3-1-5-9(11)10-6-2-4-8-12(10)14;5*1-7(2)8-3-4-9-10(5-8)12-6-11-9;7-4-2-1-3-5(8)6(4)9;5*1-2/h1-12H,13H2;3-10,16-17H,1-2H3;1-10H,11H2;1-8,13-14H;5*3-5,7H,6H2,1-2H3;1-3,7-9H;5*1-2H3. The molecule has 0 atom stereocenters. The second-order valence-electron chi connectivity index (χ2n) is 33.2. The quantitative estimate of drug-likeness (QED) is 0.0563. The number of fused-ring (bicyclic) bond motifs is 6. The van der Waals surface area contributed by atoms with E-state index in [2.05, 4.69) is 247 Å². The van der Waals surface area contributed by atoms with Crippen molar-refractivity contribution in [2.75, 3.05) is 34.0 Å². The number of hydrogen-bond donors (Lipinski definition) is 7. The average Bonchev–Trinajstić information content (AvgIpc) is 1.33. The van der Waals surface area contributed by atoms with Gasteiger partial charge in [-0.25, -0.2) is 0 Å². The Balaban J connectivity index is 0.000000237. The van der Waals surface area contributed by atoms with Gasteiger partial charge in [0.15, 0.2) is 74.7 Å². The van der Waals surface area contributed by atoms with Gasteiger partial charge in [-0.15, -0.1) is 0 Å². The van der Waals surface area contributed by atoms with Crippen molar-refractivity contribution in [3.05, 3.63) is 401 Å². The molecule has 17 heteroatoms. The third-order valence-corrected chi connectivity index (χ3v) is 21.8. The fourth-order valence-corrected chi connectivity index (χ4v) is 13.9. The summed E-state index contributed by atoms with van der Waals surface area (Å²) >= 11 is 0. The Kier molecular flexibility index (Phi) is 49.9. The van der Waals surface area contributed by atoms with Crippen molar-refractivity contribution in [1.82, 2.24) is 0 Å². The molecule has 0 aromatic heterocycles. The number of aromatic hydroxyl groups is 7. The van der Waals surface area contributed by atoms with Gasteiger partial charge in [0.2, 0.25) is 34.0 Å². The van der Waals surface area contributed by atoms with Crippen molar-refractivity contribution < 1.29 is 83.1 Å². The molecule has 5 heterocycles. The fourth-order valence-electron chi connectivity index (χ4n) is 13.9. The molecular weight excluding hydrogens is 1750 g/mol. The normalized spacial score (nSPS) is 11.4. The summed E-state index contributed by atoms with van der Waals surface area (Å²) in [6.45, 7) is 47.7. The fraction of sp³-hybridized carbons (Fsp3) is 0.285. The highest BCUT2D eigenvalue weighted by Gasteiger charge is 2.24. The van der Waals surface area contributed by atoms with E-state index in [-0.39, 0.29) is 39.9 Å². The molecule has 0 aliphatic carbocycles. The third kappa shape index (κ3) is 36.3. The maximum atomic E-state index is 9.58. The highest BCUT2D eigenvalue weighted by atomic mass is 16.7. The van der Waals surface area contributed by atoms with E-state index in [0.29, 0.717) is 74.7 Å². The summed E-state index contributed by atoms with van der Waals surface area (Å²) in [6.07, 6.45) is 2.03. The van der Waals surface area contributed by atoms with Crippen LogP contribution in [0.25, 0.3) is 21.9 Å². The van der Waals surface area contributed by atoms with Gasteiger partial charge >= 0.3 is 0 Å². The monoisotopic (exact) mass is 1900 g/mol. The second kappa shape index (κ2) is 61.4. The van der Waals surface area contributed by atoms with E-state index in [9.17, 15) is 20.4 Å². The molecule has 7 N–H and O–H groups in total. The summed E-state index contributed by atoms with van der Waals surface area (Å²) in [5.74, 6) is 11.2. The van der Waals surface area contributed by atoms with Crippen LogP contribution in [0.2, 0.25) is 0 Å². The van der Waals surface area contributed by atoms with Crippen LogP contribution in [-0.4, -0.2) is 69.7 Å². The molecular formula is C123H148O17. The Morgan fingerprint density at radius 2 is 0.464 bits per heavy atom. The molecule has 0 amide bonds. The van der Waals surface area contributed by atoms with Crippen LogP contribution in [0, 0.1) is 0 Å². The molecule has 0 saturated carbocycles. The highest BCUT2D eigenvalue weighted by molar-refractivity contribution is 5.86. The maximum absolute atomic E-state index is 9.58. The lowest BCUT2D eigenvalue weighted by atomic mass is 9.78. The van der Waals surface area contributed by atoms with Crippen LogP contribution >= 0.6 is 0 Å². The van der Waals surface area contributed by atoms with Crippen molar-refractivity contribution in [3.8, 4) is 109 Å². The molecule has 140 heavy (non-hydrogen) atoms. The molecule has 0 fully saturated rings. The number of ether oxygens (including phenoxy) is 10. The number of phenols is 7. The Morgan fingerprint density at radius 3 is 0.743 bits per heavy atom. The predicted octanol–water partition coefficient (Wildman–Crippen LogP) is 32.5. The van der Waals surface area contributed by atoms with Gasteiger partial charge in [-0.3, -0.25) is 0 Å². The molecule has 0 radical (unpaired) electrons. The van der Waals surface area contributed by atoms with Gasteiger partial charge in [0.1, 0.15) is 23.0 Å². The van der Waals surface area contributed by atoms with Crippen molar-refractivity contribution in [2.24, 2.45) is 0 Å². The molecule has 0 unspecified atom stereocenters. The Hall–Kier alpha value is -14.8. The minimum Gasteiger partial charge on any atom is -0.508 e. The van der Waals surface area contributed by atoms with Crippen molar-refractivity contribution >= 4 is 10.8 Å². The largest absolute Gasteiger partial charge is 0.508 e. The van der Waals surface area contributed by atoms with E-state index < -0.39 is 5.75 Å². The van der Waals surface area contributed by atoms with Gasteiger partial charge in [0.25, 0.3) is 0 Å². The Morgan fingerprint density at radius 1 is 0.229 bits per heavy atom. The van der Waals surface area contributed by atoms with E-state index in [1.807, 2.05) is 166 Å². The molecule has 742 valence electrons. The van der Waals surface area contributed by atoms with Crippen LogP contribution in [0.5, 0.6) is 97.7 Å². The first-order chi connectivity index (χ1) is 67.7. The summed E-state index contributed by atoms with van der Waals surface area (Å²) < 4.78 is 52.4. The zero-order chi connectivity index (χ0) is 102. The van der Waals surface area contributed by atoms with E-state index in [4.69, 9.17) is 62.7 Å². The number of benzene rings is 15. The van der Waals surface area contributed by atoms with Gasteiger partial charge in [0.05, 0.1) is 0 Å². The summed E-state index contributed by atoms with van der Waals surface area (Å²) in [7, 11) is 0. The lowest BCUT2D eigenvalue weighted by molar-refractivity contribution is 0.173. The van der Waals surface area contributed by atoms with Crippen LogP contribution in [0.15, 0.2) is 340 Å². The van der Waals surface area contributed by atoms with Gasteiger partial charge < -0.3 is 83.1 Å². The zero-order valence-corrected chi connectivity index (χ0v) is 85.9. The smallest absolute Gasteiger partial charge is 0.231 e. The topological polar surface area (TPSA) is 234 Å². The van der Waals surface area contributed by atoms with Crippen LogP contribution < -0.4 is 47.4 Å². The SMILES string of the molecule is CC.CC.CC.CC.CC.CC(C)(c1ccc(O)cc1)c1ccc(O)cc1.CC(C)c1ccc2c(c1)OCO2.CC(C)c1ccc2c(c1)OCO2.CC(C)c1ccc2c(c1)OCO2.CC(C)c1ccc2c(c1)OCO2.CC(C)c1ccc2c(c1)OCO2.Oc1cccc(O)c1O.Oc1ccccc1-c1ccccc1O.c1ccc(Cc2cccc3ccccc23)cc1.c1ccc(Cc2ccccc2)cc1. The third-order valence-electron chi connectivity index (χ3n) is 21.8. The van der Waals surface area contributed by atoms with Gasteiger partial charge in [0, 0.05) is 16.5 Å². The van der Waals surface area contributed by atoms with E-state index in [1.54, 1.807) is 60.7 Å². The lowest BCUT2D eigenvalue weighted by Crippen LogP contribution is -2.18. The van der Waals surface area contributed by atoms with Crippen LogP contribution in [0.4, 0.5) is 0 Å². The molecule has 20 rings (SSSR count). The number of para-hydroxylation sites is 3. The Bertz CT molecular complexity index is 5510.